The minimum absolute atomic E-state index is 0.0498. The minimum atomic E-state index is 0.0498. The van der Waals surface area contributed by atoms with Gasteiger partial charge in [-0.15, -0.1) is 0 Å². The number of allylic oxidation sites excluding steroid dienone is 1. The van der Waals surface area contributed by atoms with Gasteiger partial charge in [0, 0.05) is 19.4 Å². The molecule has 4 aliphatic carbocycles. The molecule has 0 spiro atoms. The van der Waals surface area contributed by atoms with Gasteiger partial charge >= 0.3 is 5.97 Å². The highest BCUT2D eigenvalue weighted by Crippen LogP contribution is 2.72. The third-order valence-electron chi connectivity index (χ3n) is 13.1. The fourth-order valence-corrected chi connectivity index (χ4v) is 10.4. The number of nitrogens with zero attached hydrogens (tertiary/aromatic N) is 1. The van der Waals surface area contributed by atoms with E-state index in [4.69, 9.17) is 10.00 Å². The standard InChI is InChI=1S/C37H64O2.CHN/c1-8-9-10-11-12-13-17-34(38)39-30-20-23-35(5)29(26-30)18-19-33-32(35)22-25-36(6)31(21-24-37(33,36)7)28(4)16-14-15-27(2)3;1-2/h18,27-28,30-33H,8-17,19-26H2,1-7H3;1H/t28-,30+,31-,32+,33-,35+,36-,37+;/m1./s1. The highest BCUT2D eigenvalue weighted by atomic mass is 16.5. The molecule has 0 N–H and O–H groups in total. The zero-order valence-electron chi connectivity index (χ0n) is 28.1. The van der Waals surface area contributed by atoms with E-state index in [1.54, 1.807) is 5.57 Å². The van der Waals surface area contributed by atoms with Crippen molar-refractivity contribution < 1.29 is 9.53 Å². The molecule has 0 unspecified atom stereocenters. The van der Waals surface area contributed by atoms with Gasteiger partial charge in [-0.3, -0.25) is 4.79 Å². The third kappa shape index (κ3) is 7.27. The second kappa shape index (κ2) is 14.9. The van der Waals surface area contributed by atoms with Gasteiger partial charge in [0.1, 0.15) is 6.10 Å². The summed E-state index contributed by atoms with van der Waals surface area (Å²) in [6.45, 7) is 21.1. The van der Waals surface area contributed by atoms with Crippen molar-refractivity contribution in [2.24, 2.45) is 45.8 Å². The average Bonchev–Trinajstić information content (AvgIpc) is 3.23. The molecule has 4 aliphatic rings. The zero-order chi connectivity index (χ0) is 30.3. The number of fused-ring (bicyclic) bond motifs is 5. The molecule has 3 heteroatoms. The Balaban J connectivity index is 0.00000226. The van der Waals surface area contributed by atoms with Crippen molar-refractivity contribution in [3.05, 3.63) is 11.6 Å². The largest absolute Gasteiger partial charge is 0.462 e. The summed E-state index contributed by atoms with van der Waals surface area (Å²) in [5, 5.41) is 6.50. The summed E-state index contributed by atoms with van der Waals surface area (Å²) in [6, 6.07) is 0. The molecule has 0 bridgehead atoms. The number of nitriles is 1. The maximum Gasteiger partial charge on any atom is 0.306 e. The molecule has 0 aliphatic heterocycles. The van der Waals surface area contributed by atoms with Crippen molar-refractivity contribution in [1.29, 1.82) is 5.26 Å². The van der Waals surface area contributed by atoms with Gasteiger partial charge in [-0.25, -0.2) is 5.26 Å². The Hall–Kier alpha value is -1.30. The van der Waals surface area contributed by atoms with Crippen molar-refractivity contribution >= 4 is 5.97 Å². The third-order valence-corrected chi connectivity index (χ3v) is 13.1. The molecular weight excluding hydrogens is 502 g/mol. The Labute approximate surface area is 254 Å². The molecule has 4 rings (SSSR count). The van der Waals surface area contributed by atoms with Crippen LogP contribution in [-0.4, -0.2) is 12.1 Å². The maximum atomic E-state index is 12.6. The van der Waals surface area contributed by atoms with E-state index in [1.807, 2.05) is 0 Å². The number of carbonyl (C=O) groups is 1. The summed E-state index contributed by atoms with van der Waals surface area (Å²) < 4.78 is 6.06. The summed E-state index contributed by atoms with van der Waals surface area (Å²) in [7, 11) is 0. The van der Waals surface area contributed by atoms with Crippen molar-refractivity contribution in [3.8, 4) is 6.57 Å². The fourth-order valence-electron chi connectivity index (χ4n) is 10.4. The van der Waals surface area contributed by atoms with Gasteiger partial charge < -0.3 is 4.74 Å². The Bertz CT molecular complexity index is 890. The second-order valence-electron chi connectivity index (χ2n) is 15.8. The first kappa shape index (κ1) is 34.2. The van der Waals surface area contributed by atoms with Gasteiger partial charge in [-0.05, 0) is 97.2 Å². The smallest absolute Gasteiger partial charge is 0.306 e. The first-order chi connectivity index (χ1) is 19.5. The number of hydrogen-bond acceptors (Lipinski definition) is 3. The maximum absolute atomic E-state index is 12.6. The normalized spacial score (nSPS) is 36.7. The van der Waals surface area contributed by atoms with E-state index in [2.05, 4.69) is 61.1 Å². The molecule has 0 aromatic heterocycles. The molecule has 0 saturated heterocycles. The fraction of sp³-hybridized carbons (Fsp3) is 0.895. The van der Waals surface area contributed by atoms with Gasteiger partial charge in [0.25, 0.3) is 0 Å². The van der Waals surface area contributed by atoms with Crippen LogP contribution in [-0.2, 0) is 9.53 Å². The Kier molecular flexibility index (Phi) is 12.5. The number of rotatable bonds is 13. The minimum Gasteiger partial charge on any atom is -0.462 e. The predicted molar refractivity (Wildman–Crippen MR) is 172 cm³/mol. The van der Waals surface area contributed by atoms with Gasteiger partial charge in [0.2, 0.25) is 0 Å². The van der Waals surface area contributed by atoms with Crippen LogP contribution in [0.25, 0.3) is 0 Å². The molecule has 3 saturated carbocycles. The molecule has 0 aromatic carbocycles. The van der Waals surface area contributed by atoms with E-state index in [-0.39, 0.29) is 12.1 Å². The zero-order valence-corrected chi connectivity index (χ0v) is 28.1. The molecule has 234 valence electrons. The summed E-state index contributed by atoms with van der Waals surface area (Å²) >= 11 is 0. The van der Waals surface area contributed by atoms with E-state index in [9.17, 15) is 4.79 Å². The summed E-state index contributed by atoms with van der Waals surface area (Å²) in [5.41, 5.74) is 2.92. The lowest BCUT2D eigenvalue weighted by Gasteiger charge is -2.63. The molecule has 8 atom stereocenters. The number of unbranched alkanes of at least 4 members (excludes halogenated alkanes) is 5. The topological polar surface area (TPSA) is 50.1 Å². The van der Waals surface area contributed by atoms with E-state index >= 15 is 0 Å². The lowest BCUT2D eigenvalue weighted by atomic mass is 9.42. The predicted octanol–water partition coefficient (Wildman–Crippen LogP) is 11.2. The Morgan fingerprint density at radius 2 is 1.59 bits per heavy atom. The second-order valence-corrected chi connectivity index (χ2v) is 15.8. The average molecular weight is 568 g/mol. The number of carbonyl (C=O) groups excluding carboxylic acids is 1. The van der Waals surface area contributed by atoms with Gasteiger partial charge in [-0.1, -0.05) is 111 Å². The molecule has 0 amide bonds. The molecule has 0 radical (unpaired) electrons. The lowest BCUT2D eigenvalue weighted by Crippen LogP contribution is -2.55. The van der Waals surface area contributed by atoms with E-state index in [0.717, 1.165) is 48.9 Å². The van der Waals surface area contributed by atoms with Gasteiger partial charge in [-0.2, -0.15) is 0 Å². The van der Waals surface area contributed by atoms with Crippen LogP contribution in [0.15, 0.2) is 11.6 Å². The van der Waals surface area contributed by atoms with Crippen LogP contribution in [0.5, 0.6) is 0 Å². The molecule has 3 fully saturated rings. The Morgan fingerprint density at radius 3 is 2.29 bits per heavy atom. The highest BCUT2D eigenvalue weighted by molar-refractivity contribution is 5.69. The van der Waals surface area contributed by atoms with Crippen LogP contribution in [0, 0.1) is 57.7 Å². The van der Waals surface area contributed by atoms with E-state index < -0.39 is 0 Å². The van der Waals surface area contributed by atoms with Gasteiger partial charge in [0.05, 0.1) is 0 Å². The molecule has 0 aromatic rings. The van der Waals surface area contributed by atoms with Crippen molar-refractivity contribution in [1.82, 2.24) is 0 Å². The molecule has 3 nitrogen and oxygen atoms in total. The summed E-state index contributed by atoms with van der Waals surface area (Å²) in [6.07, 6.45) is 25.1. The van der Waals surface area contributed by atoms with Crippen LogP contribution >= 0.6 is 0 Å². The number of esters is 1. The number of hydrogen-bond donors (Lipinski definition) is 0. The molecular formula is C38H65NO2. The SMILES string of the molecule is C#N.CCCCCCCCC(=O)O[C@H]1CC[C@@]2(C)C(=CC[C@@H]3[C@@H]2CC[C@]2(C)[C@@H]([C@H](C)CCCC(C)C)CC[C@@]32C)C1. The van der Waals surface area contributed by atoms with E-state index in [0.29, 0.717) is 22.7 Å². The summed E-state index contributed by atoms with van der Waals surface area (Å²) in [5.74, 6) is 4.28. The van der Waals surface area contributed by atoms with Crippen LogP contribution < -0.4 is 0 Å². The van der Waals surface area contributed by atoms with Crippen molar-refractivity contribution in [2.45, 2.75) is 170 Å². The van der Waals surface area contributed by atoms with Gasteiger partial charge in [0.15, 0.2) is 0 Å². The molecule has 0 heterocycles. The Morgan fingerprint density at radius 1 is 0.902 bits per heavy atom. The highest BCUT2D eigenvalue weighted by Gasteiger charge is 2.64. The van der Waals surface area contributed by atoms with Crippen molar-refractivity contribution in [2.75, 3.05) is 0 Å². The van der Waals surface area contributed by atoms with Crippen LogP contribution in [0.3, 0.4) is 0 Å². The van der Waals surface area contributed by atoms with Crippen LogP contribution in [0.2, 0.25) is 0 Å². The summed E-state index contributed by atoms with van der Waals surface area (Å²) in [4.78, 5) is 12.6. The van der Waals surface area contributed by atoms with E-state index in [1.165, 1.54) is 89.9 Å². The van der Waals surface area contributed by atoms with Crippen molar-refractivity contribution in [3.63, 3.8) is 0 Å². The molecule has 41 heavy (non-hydrogen) atoms. The lowest BCUT2D eigenvalue weighted by molar-refractivity contribution is -0.152. The van der Waals surface area contributed by atoms with Crippen LogP contribution in [0.1, 0.15) is 164 Å². The quantitative estimate of drug-likeness (QED) is 0.126. The monoisotopic (exact) mass is 568 g/mol. The first-order valence-corrected chi connectivity index (χ1v) is 17.7. The first-order valence-electron chi connectivity index (χ1n) is 17.7. The van der Waals surface area contributed by atoms with Crippen LogP contribution in [0.4, 0.5) is 0 Å². The number of ether oxygens (including phenoxy) is 1.